The lowest BCUT2D eigenvalue weighted by atomic mass is 9.64. The molecule has 1 fully saturated rings. The van der Waals surface area contributed by atoms with Gasteiger partial charge in [-0.3, -0.25) is 4.79 Å². The molecule has 33 heavy (non-hydrogen) atoms. The van der Waals surface area contributed by atoms with Crippen molar-refractivity contribution in [1.82, 2.24) is 9.55 Å². The van der Waals surface area contributed by atoms with Crippen molar-refractivity contribution in [2.75, 3.05) is 0 Å². The molecule has 0 N–H and O–H groups in total. The van der Waals surface area contributed by atoms with E-state index in [1.807, 2.05) is 17.8 Å². The number of allylic oxidation sites excluding steroid dienone is 2. The number of aryl methyl sites for hydroxylation is 1. The molecule has 0 amide bonds. The molecule has 3 unspecified atom stereocenters. The van der Waals surface area contributed by atoms with Crippen LogP contribution in [0, 0.1) is 23.7 Å². The molecule has 182 valence electrons. The van der Waals surface area contributed by atoms with E-state index >= 15 is 0 Å². The van der Waals surface area contributed by atoms with Crippen LogP contribution in [0.2, 0.25) is 0 Å². The molecule has 2 aliphatic rings. The SMILES string of the molecule is CC(=O)OC1CCCC[C@@H](OC(=O)/C=C/c2cn(C)cn2)CC2C(C)=CC[C@H](C(C)C)C2C1. The summed E-state index contributed by atoms with van der Waals surface area (Å²) in [5, 5.41) is 0. The number of hydrogen-bond acceptors (Lipinski definition) is 5. The Morgan fingerprint density at radius 2 is 1.85 bits per heavy atom. The van der Waals surface area contributed by atoms with Crippen LogP contribution in [-0.4, -0.2) is 33.7 Å². The van der Waals surface area contributed by atoms with Crippen LogP contribution in [0.15, 0.2) is 30.2 Å². The molecule has 1 aromatic heterocycles. The lowest BCUT2D eigenvalue weighted by Gasteiger charge is -2.43. The minimum absolute atomic E-state index is 0.0254. The second-order valence-corrected chi connectivity index (χ2v) is 10.2. The van der Waals surface area contributed by atoms with Crippen LogP contribution in [0.5, 0.6) is 0 Å². The summed E-state index contributed by atoms with van der Waals surface area (Å²) in [6, 6.07) is 0. The number of carbonyl (C=O) groups excluding carboxylic acids is 2. The smallest absolute Gasteiger partial charge is 0.331 e. The van der Waals surface area contributed by atoms with E-state index in [1.54, 1.807) is 12.4 Å². The third-order valence-electron chi connectivity index (χ3n) is 7.30. The highest BCUT2D eigenvalue weighted by atomic mass is 16.5. The van der Waals surface area contributed by atoms with Gasteiger partial charge >= 0.3 is 11.9 Å². The van der Waals surface area contributed by atoms with Crippen LogP contribution in [0.25, 0.3) is 6.08 Å². The van der Waals surface area contributed by atoms with Crippen molar-refractivity contribution in [2.24, 2.45) is 30.7 Å². The number of hydrogen-bond donors (Lipinski definition) is 0. The second kappa shape index (κ2) is 11.7. The minimum Gasteiger partial charge on any atom is -0.463 e. The second-order valence-electron chi connectivity index (χ2n) is 10.2. The molecule has 0 bridgehead atoms. The predicted octanol–water partition coefficient (Wildman–Crippen LogP) is 5.49. The first-order chi connectivity index (χ1) is 15.7. The molecule has 1 aromatic rings. The first-order valence-corrected chi connectivity index (χ1v) is 12.4. The number of imidazole rings is 1. The number of esters is 2. The van der Waals surface area contributed by atoms with Gasteiger partial charge in [0.1, 0.15) is 12.2 Å². The topological polar surface area (TPSA) is 70.4 Å². The van der Waals surface area contributed by atoms with Crippen LogP contribution < -0.4 is 0 Å². The largest absolute Gasteiger partial charge is 0.463 e. The van der Waals surface area contributed by atoms with E-state index in [-0.39, 0.29) is 24.1 Å². The molecular formula is C27H40N2O4. The van der Waals surface area contributed by atoms with Gasteiger partial charge in [0.2, 0.25) is 0 Å². The van der Waals surface area contributed by atoms with Gasteiger partial charge in [-0.15, -0.1) is 0 Å². The van der Waals surface area contributed by atoms with Gasteiger partial charge in [-0.1, -0.05) is 25.5 Å². The highest BCUT2D eigenvalue weighted by Crippen LogP contribution is 2.45. The molecule has 0 spiro atoms. The van der Waals surface area contributed by atoms with E-state index < -0.39 is 0 Å². The van der Waals surface area contributed by atoms with Gasteiger partial charge in [0.15, 0.2) is 0 Å². The van der Waals surface area contributed by atoms with Gasteiger partial charge in [0, 0.05) is 26.2 Å². The highest BCUT2D eigenvalue weighted by Gasteiger charge is 2.39. The fraction of sp³-hybridized carbons (Fsp3) is 0.667. The first-order valence-electron chi connectivity index (χ1n) is 12.4. The molecular weight excluding hydrogens is 416 g/mol. The van der Waals surface area contributed by atoms with E-state index in [1.165, 1.54) is 18.6 Å². The maximum atomic E-state index is 12.6. The summed E-state index contributed by atoms with van der Waals surface area (Å²) < 4.78 is 13.6. The van der Waals surface area contributed by atoms with Gasteiger partial charge in [0.25, 0.3) is 0 Å². The molecule has 1 heterocycles. The van der Waals surface area contributed by atoms with Crippen LogP contribution >= 0.6 is 0 Å². The molecule has 0 aliphatic heterocycles. The summed E-state index contributed by atoms with van der Waals surface area (Å²) in [7, 11) is 1.90. The van der Waals surface area contributed by atoms with Gasteiger partial charge in [-0.2, -0.15) is 0 Å². The van der Waals surface area contributed by atoms with Crippen molar-refractivity contribution >= 4 is 18.0 Å². The van der Waals surface area contributed by atoms with Crippen LogP contribution in [0.4, 0.5) is 0 Å². The highest BCUT2D eigenvalue weighted by molar-refractivity contribution is 5.86. The predicted molar refractivity (Wildman–Crippen MR) is 129 cm³/mol. The fourth-order valence-corrected chi connectivity index (χ4v) is 5.64. The molecule has 5 atom stereocenters. The summed E-state index contributed by atoms with van der Waals surface area (Å²) in [5.74, 6) is 1.34. The van der Waals surface area contributed by atoms with Crippen LogP contribution in [0.1, 0.15) is 78.3 Å². The standard InChI is InChI=1S/C27H40N2O4/c1-18(2)24-12-10-19(3)25-14-23(33-27(31)13-11-21-16-29(5)17-28-21)9-7-6-8-22(15-26(24)25)32-20(4)30/h10-11,13,16-18,22-26H,6-9,12,14-15H2,1-5H3/b13-11+/t22?,23-,24-,25?,26?/m1/s1. The lowest BCUT2D eigenvalue weighted by Crippen LogP contribution is -2.37. The van der Waals surface area contributed by atoms with Crippen molar-refractivity contribution in [3.05, 3.63) is 35.9 Å². The molecule has 0 aromatic carbocycles. The van der Waals surface area contributed by atoms with Gasteiger partial charge in [-0.05, 0) is 81.6 Å². The summed E-state index contributed by atoms with van der Waals surface area (Å²) >= 11 is 0. The number of fused-ring (bicyclic) bond motifs is 1. The molecule has 3 rings (SSSR count). The normalized spacial score (nSPS) is 28.8. The van der Waals surface area contributed by atoms with E-state index in [4.69, 9.17) is 9.47 Å². The molecule has 1 saturated carbocycles. The number of ether oxygens (including phenoxy) is 2. The minimum atomic E-state index is -0.310. The van der Waals surface area contributed by atoms with Crippen molar-refractivity contribution in [1.29, 1.82) is 0 Å². The Labute approximate surface area is 198 Å². The number of aromatic nitrogens is 2. The van der Waals surface area contributed by atoms with Crippen LogP contribution in [-0.2, 0) is 26.1 Å². The molecule has 0 radical (unpaired) electrons. The van der Waals surface area contributed by atoms with E-state index in [0.717, 1.165) is 50.6 Å². The molecule has 6 heteroatoms. The van der Waals surface area contributed by atoms with Crippen molar-refractivity contribution < 1.29 is 19.1 Å². The Hall–Kier alpha value is -2.37. The molecule has 2 aliphatic carbocycles. The van der Waals surface area contributed by atoms with Gasteiger partial charge < -0.3 is 14.0 Å². The zero-order valence-corrected chi connectivity index (χ0v) is 20.8. The molecule has 0 saturated heterocycles. The summed E-state index contributed by atoms with van der Waals surface area (Å²) in [6.45, 7) is 8.29. The first kappa shape index (κ1) is 25.3. The Kier molecular flexibility index (Phi) is 8.93. The lowest BCUT2D eigenvalue weighted by molar-refractivity contribution is -0.150. The number of carbonyl (C=O) groups is 2. The Morgan fingerprint density at radius 3 is 2.45 bits per heavy atom. The van der Waals surface area contributed by atoms with E-state index in [9.17, 15) is 9.59 Å². The maximum Gasteiger partial charge on any atom is 0.331 e. The Morgan fingerprint density at radius 1 is 1.15 bits per heavy atom. The summed E-state index contributed by atoms with van der Waals surface area (Å²) in [4.78, 5) is 28.6. The van der Waals surface area contributed by atoms with Gasteiger partial charge in [0.05, 0.1) is 12.0 Å². The number of rotatable bonds is 5. The quantitative estimate of drug-likeness (QED) is 0.333. The third kappa shape index (κ3) is 7.31. The average molecular weight is 457 g/mol. The van der Waals surface area contributed by atoms with Crippen LogP contribution in [0.3, 0.4) is 0 Å². The van der Waals surface area contributed by atoms with Crippen molar-refractivity contribution in [3.8, 4) is 0 Å². The van der Waals surface area contributed by atoms with E-state index in [2.05, 4.69) is 31.8 Å². The van der Waals surface area contributed by atoms with Crippen molar-refractivity contribution in [2.45, 2.75) is 84.8 Å². The molecule has 6 nitrogen and oxygen atoms in total. The Bertz CT molecular complexity index is 869. The summed E-state index contributed by atoms with van der Waals surface area (Å²) in [6.07, 6.45) is 15.4. The van der Waals surface area contributed by atoms with Gasteiger partial charge in [-0.25, -0.2) is 9.78 Å². The average Bonchev–Trinajstić information content (AvgIpc) is 3.16. The maximum absolute atomic E-state index is 12.6. The monoisotopic (exact) mass is 456 g/mol. The summed E-state index contributed by atoms with van der Waals surface area (Å²) in [5.41, 5.74) is 2.12. The third-order valence-corrected chi connectivity index (χ3v) is 7.30. The number of nitrogens with zero attached hydrogens (tertiary/aromatic N) is 2. The Balaban J connectivity index is 1.76. The van der Waals surface area contributed by atoms with Crippen molar-refractivity contribution in [3.63, 3.8) is 0 Å². The zero-order valence-electron chi connectivity index (χ0n) is 20.8. The fourth-order valence-electron chi connectivity index (χ4n) is 5.64. The van der Waals surface area contributed by atoms with E-state index in [0.29, 0.717) is 23.7 Å². The zero-order chi connectivity index (χ0) is 24.0.